The molecule has 5 rings (SSSR count). The first-order valence-corrected chi connectivity index (χ1v) is 13.1. The van der Waals surface area contributed by atoms with Gasteiger partial charge in [-0.25, -0.2) is 13.1 Å². The summed E-state index contributed by atoms with van der Waals surface area (Å²) < 4.78 is 35.4. The molecular weight excluding hydrogens is 440 g/mol. The zero-order chi connectivity index (χ0) is 23.4. The lowest BCUT2D eigenvalue weighted by molar-refractivity contribution is 0.0728. The monoisotopic (exact) mass is 472 g/mol. The summed E-state index contributed by atoms with van der Waals surface area (Å²) in [5.41, 5.74) is 0.872. The molecule has 1 aromatic carbocycles. The van der Waals surface area contributed by atoms with E-state index in [0.717, 1.165) is 12.8 Å². The Hall–Kier alpha value is -2.23. The maximum Gasteiger partial charge on any atom is 0.251 e. The van der Waals surface area contributed by atoms with Gasteiger partial charge in [0.15, 0.2) is 0 Å². The molecule has 1 saturated heterocycles. The van der Waals surface area contributed by atoms with Crippen LogP contribution >= 0.6 is 0 Å². The van der Waals surface area contributed by atoms with Crippen molar-refractivity contribution in [1.82, 2.24) is 19.4 Å². The first kappa shape index (κ1) is 22.6. The highest BCUT2D eigenvalue weighted by molar-refractivity contribution is 7.89. The Morgan fingerprint density at radius 3 is 2.61 bits per heavy atom. The first-order chi connectivity index (χ1) is 15.6. The number of hydrogen-bond donors (Lipinski definition) is 1. The highest BCUT2D eigenvalue weighted by Gasteiger charge is 2.59. The quantitative estimate of drug-likeness (QED) is 0.722. The van der Waals surface area contributed by atoms with Crippen LogP contribution in [0.4, 0.5) is 0 Å². The molecule has 178 valence electrons. The Kier molecular flexibility index (Phi) is 5.42. The molecule has 9 heteroatoms. The second-order valence-electron chi connectivity index (χ2n) is 10.5. The van der Waals surface area contributed by atoms with Gasteiger partial charge >= 0.3 is 0 Å². The minimum Gasteiger partial charge on any atom is -0.379 e. The molecule has 1 N–H and O–H groups in total. The van der Waals surface area contributed by atoms with E-state index in [1.807, 2.05) is 0 Å². The number of carbonyl (C=O) groups excluding carboxylic acids is 1. The van der Waals surface area contributed by atoms with E-state index in [9.17, 15) is 13.2 Å². The van der Waals surface area contributed by atoms with Gasteiger partial charge in [0, 0.05) is 37.1 Å². The molecule has 8 nitrogen and oxygen atoms in total. The number of morpholine rings is 1. The Balaban J connectivity index is 1.50. The number of aromatic nitrogens is 2. The molecule has 0 spiro atoms. The Bertz CT molecular complexity index is 1150. The SMILES string of the molecule is CC1(C)C(NC(=O)c2ccc(-n3cccn3)c(S(=O)(=O)N3CCOCC3)c2)[C@]2(C)CC[C@@H]1C2. The summed E-state index contributed by atoms with van der Waals surface area (Å²) in [5.74, 6) is 0.375. The van der Waals surface area contributed by atoms with Crippen molar-refractivity contribution in [3.05, 3.63) is 42.2 Å². The smallest absolute Gasteiger partial charge is 0.251 e. The van der Waals surface area contributed by atoms with E-state index in [4.69, 9.17) is 4.74 Å². The van der Waals surface area contributed by atoms with Crippen LogP contribution in [-0.4, -0.2) is 60.8 Å². The normalized spacial score (nSPS) is 29.3. The maximum atomic E-state index is 13.6. The molecule has 3 aliphatic rings. The third-order valence-corrected chi connectivity index (χ3v) is 10.0. The van der Waals surface area contributed by atoms with Crippen LogP contribution in [0.1, 0.15) is 50.4 Å². The van der Waals surface area contributed by atoms with E-state index < -0.39 is 10.0 Å². The van der Waals surface area contributed by atoms with E-state index in [-0.39, 0.29) is 40.8 Å². The highest BCUT2D eigenvalue weighted by Crippen LogP contribution is 2.62. The van der Waals surface area contributed by atoms with E-state index in [0.29, 0.717) is 30.4 Å². The molecular formula is C24H32N4O4S. The average Bonchev–Trinajstić information content (AvgIpc) is 3.51. The van der Waals surface area contributed by atoms with E-state index in [2.05, 4.69) is 31.2 Å². The van der Waals surface area contributed by atoms with Gasteiger partial charge in [-0.05, 0) is 60.3 Å². The molecule has 0 radical (unpaired) electrons. The number of benzene rings is 1. The summed E-state index contributed by atoms with van der Waals surface area (Å²) >= 11 is 0. The number of ether oxygens (including phenoxy) is 1. The van der Waals surface area contributed by atoms with E-state index >= 15 is 0 Å². The van der Waals surface area contributed by atoms with Crippen molar-refractivity contribution in [2.45, 2.75) is 51.0 Å². The molecule has 3 atom stereocenters. The van der Waals surface area contributed by atoms with Crippen LogP contribution in [-0.2, 0) is 14.8 Å². The van der Waals surface area contributed by atoms with Gasteiger partial charge in [-0.15, -0.1) is 0 Å². The fraction of sp³-hybridized carbons (Fsp3) is 0.583. The lowest BCUT2D eigenvalue weighted by Gasteiger charge is -2.43. The van der Waals surface area contributed by atoms with Crippen LogP contribution in [0.25, 0.3) is 5.69 Å². The van der Waals surface area contributed by atoms with Crippen molar-refractivity contribution < 1.29 is 17.9 Å². The number of rotatable bonds is 5. The minimum absolute atomic E-state index is 0.0143. The predicted molar refractivity (Wildman–Crippen MR) is 124 cm³/mol. The number of carbonyl (C=O) groups is 1. The van der Waals surface area contributed by atoms with Crippen molar-refractivity contribution in [3.63, 3.8) is 0 Å². The Labute approximate surface area is 195 Å². The van der Waals surface area contributed by atoms with Crippen LogP contribution in [0, 0.1) is 16.7 Å². The average molecular weight is 473 g/mol. The molecule has 2 heterocycles. The first-order valence-electron chi connectivity index (χ1n) is 11.7. The van der Waals surface area contributed by atoms with Crippen molar-refractivity contribution in [3.8, 4) is 5.69 Å². The van der Waals surface area contributed by atoms with Gasteiger partial charge in [0.2, 0.25) is 10.0 Å². The number of hydrogen-bond acceptors (Lipinski definition) is 5. The number of sulfonamides is 1. The van der Waals surface area contributed by atoms with Crippen molar-refractivity contribution in [2.24, 2.45) is 16.7 Å². The second kappa shape index (κ2) is 7.92. The summed E-state index contributed by atoms with van der Waals surface area (Å²) in [7, 11) is -3.83. The van der Waals surface area contributed by atoms with Crippen LogP contribution in [0.5, 0.6) is 0 Å². The fourth-order valence-corrected chi connectivity index (χ4v) is 7.88. The van der Waals surface area contributed by atoms with Crippen LogP contribution in [0.3, 0.4) is 0 Å². The zero-order valence-electron chi connectivity index (χ0n) is 19.5. The molecule has 2 aromatic rings. The lowest BCUT2D eigenvalue weighted by Crippen LogP contribution is -2.52. The third-order valence-electron chi connectivity index (χ3n) is 8.11. The molecule has 33 heavy (non-hydrogen) atoms. The standard InChI is InChI=1S/C24H32N4O4S/c1-23(2)18-7-8-24(3,16-18)22(23)26-21(29)17-5-6-19(28-10-4-9-25-28)20(15-17)33(30,31)27-11-13-32-14-12-27/h4-6,9-10,15,18,22H,7-8,11-14,16H2,1-3H3,(H,26,29)/t18-,22?,24-/m1/s1. The lowest BCUT2D eigenvalue weighted by atomic mass is 9.68. The van der Waals surface area contributed by atoms with Crippen LogP contribution < -0.4 is 5.32 Å². The number of nitrogens with one attached hydrogen (secondary N) is 1. The Morgan fingerprint density at radius 1 is 1.21 bits per heavy atom. The Morgan fingerprint density at radius 2 is 1.97 bits per heavy atom. The molecule has 2 bridgehead atoms. The predicted octanol–water partition coefficient (Wildman–Crippen LogP) is 2.84. The topological polar surface area (TPSA) is 93.5 Å². The molecule has 3 fully saturated rings. The fourth-order valence-electron chi connectivity index (χ4n) is 6.27. The van der Waals surface area contributed by atoms with Crippen LogP contribution in [0.2, 0.25) is 0 Å². The molecule has 1 aromatic heterocycles. The summed E-state index contributed by atoms with van der Waals surface area (Å²) in [5, 5.41) is 7.51. The molecule has 1 aliphatic heterocycles. The molecule has 1 amide bonds. The summed E-state index contributed by atoms with van der Waals surface area (Å²) in [4.78, 5) is 13.5. The summed E-state index contributed by atoms with van der Waals surface area (Å²) in [6, 6.07) is 6.65. The number of fused-ring (bicyclic) bond motifs is 2. The van der Waals surface area contributed by atoms with Crippen LogP contribution in [0.15, 0.2) is 41.6 Å². The zero-order valence-corrected chi connectivity index (χ0v) is 20.3. The van der Waals surface area contributed by atoms with E-state index in [1.54, 1.807) is 30.6 Å². The van der Waals surface area contributed by atoms with Gasteiger partial charge in [0.05, 0.1) is 18.9 Å². The van der Waals surface area contributed by atoms with Crippen molar-refractivity contribution in [2.75, 3.05) is 26.3 Å². The molecule has 2 saturated carbocycles. The minimum atomic E-state index is -3.83. The highest BCUT2D eigenvalue weighted by atomic mass is 32.2. The van der Waals surface area contributed by atoms with Gasteiger partial charge in [-0.2, -0.15) is 9.40 Å². The summed E-state index contributed by atoms with van der Waals surface area (Å²) in [6.07, 6.45) is 6.74. The van der Waals surface area contributed by atoms with Gasteiger partial charge in [0.1, 0.15) is 4.90 Å². The molecule has 1 unspecified atom stereocenters. The maximum absolute atomic E-state index is 13.6. The molecule has 2 aliphatic carbocycles. The van der Waals surface area contributed by atoms with Gasteiger partial charge in [-0.1, -0.05) is 20.8 Å². The third kappa shape index (κ3) is 3.70. The largest absolute Gasteiger partial charge is 0.379 e. The summed E-state index contributed by atoms with van der Waals surface area (Å²) in [6.45, 7) is 8.02. The number of amides is 1. The van der Waals surface area contributed by atoms with E-state index in [1.165, 1.54) is 21.5 Å². The van der Waals surface area contributed by atoms with Crippen molar-refractivity contribution in [1.29, 1.82) is 0 Å². The number of nitrogens with zero attached hydrogens (tertiary/aromatic N) is 3. The van der Waals surface area contributed by atoms with Gasteiger partial charge < -0.3 is 10.1 Å². The van der Waals surface area contributed by atoms with Gasteiger partial charge in [-0.3, -0.25) is 4.79 Å². The van der Waals surface area contributed by atoms with Gasteiger partial charge in [0.25, 0.3) is 5.91 Å². The second-order valence-corrected chi connectivity index (χ2v) is 12.4. The van der Waals surface area contributed by atoms with Crippen molar-refractivity contribution >= 4 is 15.9 Å².